The maximum absolute atomic E-state index is 12.3. The van der Waals surface area contributed by atoms with Gasteiger partial charge in [0.2, 0.25) is 0 Å². The predicted octanol–water partition coefficient (Wildman–Crippen LogP) is 2.23. The lowest BCUT2D eigenvalue weighted by atomic mass is 10.0. The smallest absolute Gasteiger partial charge is 0.262 e. The fourth-order valence-corrected chi connectivity index (χ4v) is 2.80. The average Bonchev–Trinajstić information content (AvgIpc) is 2.36. The van der Waals surface area contributed by atoms with Crippen LogP contribution >= 0.6 is 0 Å². The third-order valence-corrected chi connectivity index (χ3v) is 4.10. The van der Waals surface area contributed by atoms with Crippen LogP contribution in [0.1, 0.15) is 63.8 Å². The molecular weight excluding hydrogens is 278 g/mol. The van der Waals surface area contributed by atoms with Gasteiger partial charge in [0.25, 0.3) is 5.56 Å². The van der Waals surface area contributed by atoms with Crippen LogP contribution in [0, 0.1) is 5.41 Å². The van der Waals surface area contributed by atoms with E-state index < -0.39 is 0 Å². The Morgan fingerprint density at radius 2 is 2.00 bits per heavy atom. The quantitative estimate of drug-likeness (QED) is 0.554. The first-order valence-electron chi connectivity index (χ1n) is 8.23. The normalized spacial score (nSPS) is 14.9. The number of H-pyrrole nitrogens is 1. The van der Waals surface area contributed by atoms with Gasteiger partial charge in [0.1, 0.15) is 17.2 Å². The van der Waals surface area contributed by atoms with Gasteiger partial charge >= 0.3 is 0 Å². The minimum atomic E-state index is -0.210. The van der Waals surface area contributed by atoms with Crippen LogP contribution in [-0.4, -0.2) is 34.8 Å². The predicted molar refractivity (Wildman–Crippen MR) is 90.2 cm³/mol. The Labute approximate surface area is 131 Å². The summed E-state index contributed by atoms with van der Waals surface area (Å²) < 4.78 is 0. The lowest BCUT2D eigenvalue weighted by Crippen LogP contribution is -2.42. The van der Waals surface area contributed by atoms with Gasteiger partial charge in [-0.2, -0.15) is 0 Å². The van der Waals surface area contributed by atoms with Gasteiger partial charge < -0.3 is 21.0 Å². The second-order valence-electron chi connectivity index (χ2n) is 6.07. The van der Waals surface area contributed by atoms with Gasteiger partial charge in [-0.15, -0.1) is 0 Å². The zero-order valence-corrected chi connectivity index (χ0v) is 13.8. The summed E-state index contributed by atoms with van der Waals surface area (Å²) in [6, 6.07) is 0.301. The molecule has 6 nitrogen and oxygen atoms in total. The van der Waals surface area contributed by atoms with Gasteiger partial charge in [0, 0.05) is 30.8 Å². The molecule has 0 bridgehead atoms. The van der Waals surface area contributed by atoms with Crippen LogP contribution in [0.2, 0.25) is 0 Å². The van der Waals surface area contributed by atoms with Crippen LogP contribution < -0.4 is 16.2 Å². The molecule has 122 valence electrons. The number of hydrogen-bond donors (Lipinski definition) is 4. The van der Waals surface area contributed by atoms with Crippen molar-refractivity contribution in [2.24, 2.45) is 0 Å². The van der Waals surface area contributed by atoms with Gasteiger partial charge in [0.15, 0.2) is 0 Å². The Kier molecular flexibility index (Phi) is 5.71. The highest BCUT2D eigenvalue weighted by atomic mass is 16.1. The van der Waals surface area contributed by atoms with Crippen LogP contribution in [-0.2, 0) is 0 Å². The third-order valence-electron chi connectivity index (χ3n) is 4.10. The number of hydrogen-bond acceptors (Lipinski definition) is 5. The number of anilines is 1. The summed E-state index contributed by atoms with van der Waals surface area (Å²) in [7, 11) is 0. The molecule has 0 atom stereocenters. The number of aromatic nitrogens is 2. The van der Waals surface area contributed by atoms with E-state index in [1.165, 1.54) is 0 Å². The molecule has 1 fully saturated rings. The molecule has 6 heteroatoms. The molecule has 1 saturated heterocycles. The SMILES string of the molecule is CCCC(CCC)Nc1nc(C2CNC2)[nH]c(=O)c1C(C)=N. The van der Waals surface area contributed by atoms with E-state index in [-0.39, 0.29) is 17.2 Å². The minimum Gasteiger partial charge on any atom is -0.367 e. The maximum Gasteiger partial charge on any atom is 0.262 e. The Balaban J connectivity index is 2.34. The van der Waals surface area contributed by atoms with Gasteiger partial charge in [-0.25, -0.2) is 4.98 Å². The second kappa shape index (κ2) is 7.54. The summed E-state index contributed by atoms with van der Waals surface area (Å²) in [6.07, 6.45) is 4.25. The number of aromatic amines is 1. The molecule has 0 amide bonds. The highest BCUT2D eigenvalue weighted by Crippen LogP contribution is 2.20. The van der Waals surface area contributed by atoms with Crippen LogP contribution in [0.25, 0.3) is 0 Å². The molecule has 1 aromatic heterocycles. The Morgan fingerprint density at radius 1 is 1.36 bits per heavy atom. The van der Waals surface area contributed by atoms with Crippen molar-refractivity contribution < 1.29 is 0 Å². The van der Waals surface area contributed by atoms with Crippen molar-refractivity contribution in [3.63, 3.8) is 0 Å². The summed E-state index contributed by atoms with van der Waals surface area (Å²) in [5.41, 5.74) is 0.410. The average molecular weight is 305 g/mol. The van der Waals surface area contributed by atoms with Crippen LogP contribution in [0.3, 0.4) is 0 Å². The summed E-state index contributed by atoms with van der Waals surface area (Å²) in [5, 5.41) is 14.5. The molecule has 2 heterocycles. The van der Waals surface area contributed by atoms with Gasteiger partial charge in [-0.3, -0.25) is 4.79 Å². The maximum atomic E-state index is 12.3. The number of rotatable bonds is 8. The number of nitrogens with one attached hydrogen (secondary N) is 4. The van der Waals surface area contributed by atoms with Crippen LogP contribution in [0.15, 0.2) is 4.79 Å². The first-order chi connectivity index (χ1) is 10.6. The van der Waals surface area contributed by atoms with Crippen LogP contribution in [0.4, 0.5) is 5.82 Å². The Hall–Kier alpha value is -1.69. The van der Waals surface area contributed by atoms with Crippen molar-refractivity contribution in [1.82, 2.24) is 15.3 Å². The molecule has 0 saturated carbocycles. The monoisotopic (exact) mass is 305 g/mol. The second-order valence-corrected chi connectivity index (χ2v) is 6.07. The molecule has 0 aromatic carbocycles. The van der Waals surface area contributed by atoms with E-state index >= 15 is 0 Å². The van der Waals surface area contributed by atoms with Crippen molar-refractivity contribution in [3.05, 3.63) is 21.7 Å². The fourth-order valence-electron chi connectivity index (χ4n) is 2.80. The largest absolute Gasteiger partial charge is 0.367 e. The zero-order valence-electron chi connectivity index (χ0n) is 13.8. The molecule has 1 aliphatic rings. The number of nitrogens with zero attached hydrogens (tertiary/aromatic N) is 1. The van der Waals surface area contributed by atoms with Crippen molar-refractivity contribution >= 4 is 11.5 Å². The highest BCUT2D eigenvalue weighted by Gasteiger charge is 2.24. The van der Waals surface area contributed by atoms with E-state index in [2.05, 4.69) is 34.4 Å². The van der Waals surface area contributed by atoms with Crippen molar-refractivity contribution in [2.45, 2.75) is 58.4 Å². The van der Waals surface area contributed by atoms with E-state index in [4.69, 9.17) is 5.41 Å². The molecule has 22 heavy (non-hydrogen) atoms. The summed E-state index contributed by atoms with van der Waals surface area (Å²) in [6.45, 7) is 7.64. The Morgan fingerprint density at radius 3 is 2.45 bits per heavy atom. The molecule has 1 aromatic rings. The molecule has 0 aliphatic carbocycles. The van der Waals surface area contributed by atoms with Crippen LogP contribution in [0.5, 0.6) is 0 Å². The Bertz CT molecular complexity index is 570. The summed E-state index contributed by atoms with van der Waals surface area (Å²) in [4.78, 5) is 19.8. The molecular formula is C16H27N5O. The fraction of sp³-hybridized carbons (Fsp3) is 0.688. The molecule has 0 radical (unpaired) electrons. The first-order valence-corrected chi connectivity index (χ1v) is 8.23. The highest BCUT2D eigenvalue weighted by molar-refractivity contribution is 6.00. The molecule has 4 N–H and O–H groups in total. The molecule has 1 aliphatic heterocycles. The van der Waals surface area contributed by atoms with E-state index in [0.717, 1.165) is 44.6 Å². The van der Waals surface area contributed by atoms with E-state index in [1.54, 1.807) is 6.92 Å². The zero-order chi connectivity index (χ0) is 16.1. The van der Waals surface area contributed by atoms with Crippen molar-refractivity contribution in [1.29, 1.82) is 5.41 Å². The molecule has 0 spiro atoms. The van der Waals surface area contributed by atoms with Gasteiger partial charge in [-0.1, -0.05) is 26.7 Å². The standard InChI is InChI=1S/C16H27N5O/c1-4-6-12(7-5-2)19-15-13(10(3)17)16(22)21-14(20-15)11-8-18-9-11/h11-12,17-18H,4-9H2,1-3H3,(H2,19,20,21,22). The molecule has 0 unspecified atom stereocenters. The summed E-state index contributed by atoms with van der Waals surface area (Å²) >= 11 is 0. The summed E-state index contributed by atoms with van der Waals surface area (Å²) in [5.74, 6) is 1.57. The third kappa shape index (κ3) is 3.74. The topological polar surface area (TPSA) is 93.7 Å². The van der Waals surface area contributed by atoms with Crippen molar-refractivity contribution in [3.8, 4) is 0 Å². The first kappa shape index (κ1) is 16.7. The van der Waals surface area contributed by atoms with Gasteiger partial charge in [0.05, 0.1) is 0 Å². The van der Waals surface area contributed by atoms with E-state index in [9.17, 15) is 4.79 Å². The molecule has 2 rings (SSSR count). The lowest BCUT2D eigenvalue weighted by molar-refractivity contribution is 0.429. The lowest BCUT2D eigenvalue weighted by Gasteiger charge is -2.27. The van der Waals surface area contributed by atoms with Gasteiger partial charge in [-0.05, 0) is 19.8 Å². The van der Waals surface area contributed by atoms with Crippen molar-refractivity contribution in [2.75, 3.05) is 18.4 Å². The van der Waals surface area contributed by atoms with E-state index in [1.807, 2.05) is 0 Å². The minimum absolute atomic E-state index is 0.210. The van der Waals surface area contributed by atoms with E-state index in [0.29, 0.717) is 17.4 Å².